The Hall–Kier alpha value is -2.87. The van der Waals surface area contributed by atoms with Crippen LogP contribution in [0.4, 0.5) is 10.7 Å². The van der Waals surface area contributed by atoms with E-state index in [1.54, 1.807) is 6.92 Å². The van der Waals surface area contributed by atoms with Gasteiger partial charge in [-0.1, -0.05) is 29.5 Å². The number of rotatable bonds is 3. The Morgan fingerprint density at radius 1 is 1.09 bits per heavy atom. The number of hydrogen-bond acceptors (Lipinski definition) is 6. The lowest BCUT2D eigenvalue weighted by Crippen LogP contribution is -2.26. The molecule has 110 valence electrons. The van der Waals surface area contributed by atoms with Crippen LogP contribution >= 0.6 is 11.3 Å². The van der Waals surface area contributed by atoms with Gasteiger partial charge in [-0.3, -0.25) is 14.7 Å². The molecule has 22 heavy (non-hydrogen) atoms. The van der Waals surface area contributed by atoms with Gasteiger partial charge in [0, 0.05) is 12.1 Å². The van der Waals surface area contributed by atoms with Crippen molar-refractivity contribution < 1.29 is 0 Å². The Labute approximate surface area is 128 Å². The van der Waals surface area contributed by atoms with Gasteiger partial charge >= 0.3 is 0 Å². The van der Waals surface area contributed by atoms with E-state index in [1.165, 1.54) is 23.5 Å². The van der Waals surface area contributed by atoms with E-state index in [1.807, 2.05) is 30.3 Å². The van der Waals surface area contributed by atoms with Crippen LogP contribution in [-0.2, 0) is 0 Å². The minimum atomic E-state index is -0.375. The van der Waals surface area contributed by atoms with E-state index in [-0.39, 0.29) is 11.1 Å². The highest BCUT2D eigenvalue weighted by Gasteiger charge is 2.10. The van der Waals surface area contributed by atoms with E-state index in [0.29, 0.717) is 15.8 Å². The summed E-state index contributed by atoms with van der Waals surface area (Å²) in [6.45, 7) is 1.77. The third-order valence-electron chi connectivity index (χ3n) is 2.78. The number of H-pyrrole nitrogens is 1. The van der Waals surface area contributed by atoms with Crippen molar-refractivity contribution in [2.24, 2.45) is 10.2 Å². The highest BCUT2D eigenvalue weighted by atomic mass is 32.1. The van der Waals surface area contributed by atoms with Crippen molar-refractivity contribution in [2.45, 2.75) is 6.92 Å². The molecule has 2 heterocycles. The molecule has 0 bridgehead atoms. The Balaban J connectivity index is 1.98. The number of nitrogens with zero attached hydrogens (tertiary/aromatic N) is 4. The molecule has 0 aliphatic carbocycles. The molecule has 3 aromatic rings. The molecule has 0 fully saturated rings. The zero-order valence-electron chi connectivity index (χ0n) is 11.6. The largest absolute Gasteiger partial charge is 0.272 e. The molecule has 0 aliphatic heterocycles. The van der Waals surface area contributed by atoms with Crippen molar-refractivity contribution >= 4 is 22.0 Å². The van der Waals surface area contributed by atoms with Crippen molar-refractivity contribution in [3.63, 3.8) is 0 Å². The van der Waals surface area contributed by atoms with E-state index < -0.39 is 0 Å². The third-order valence-corrected chi connectivity index (χ3v) is 3.81. The number of thiazole rings is 1. The molecule has 0 amide bonds. The maximum Gasteiger partial charge on any atom is 0.272 e. The molecule has 0 spiro atoms. The summed E-state index contributed by atoms with van der Waals surface area (Å²) in [5.41, 5.74) is 0.623. The van der Waals surface area contributed by atoms with Gasteiger partial charge in [-0.2, -0.15) is 4.68 Å². The normalized spacial score (nSPS) is 11.1. The molecule has 8 heteroatoms. The monoisotopic (exact) mass is 313 g/mol. The number of azo groups is 1. The van der Waals surface area contributed by atoms with Crippen LogP contribution in [0, 0.1) is 6.92 Å². The molecule has 0 saturated carbocycles. The zero-order chi connectivity index (χ0) is 15.5. The second-order valence-corrected chi connectivity index (χ2v) is 5.36. The van der Waals surface area contributed by atoms with Crippen LogP contribution in [0.2, 0.25) is 0 Å². The first-order valence-corrected chi connectivity index (χ1v) is 7.22. The molecule has 7 nitrogen and oxygen atoms in total. The SMILES string of the molecule is Cc1nc(-n2[nH]c(=O)ccc2=O)sc1N=Nc1ccccc1. The van der Waals surface area contributed by atoms with Crippen LogP contribution in [0.3, 0.4) is 0 Å². The number of aryl methyl sites for hydroxylation is 1. The van der Waals surface area contributed by atoms with Crippen LogP contribution in [0.1, 0.15) is 5.69 Å². The van der Waals surface area contributed by atoms with E-state index in [2.05, 4.69) is 20.3 Å². The van der Waals surface area contributed by atoms with Crippen molar-refractivity contribution in [1.29, 1.82) is 0 Å². The van der Waals surface area contributed by atoms with Gasteiger partial charge in [-0.25, -0.2) is 4.98 Å². The fraction of sp³-hybridized carbons (Fsp3) is 0.0714. The molecule has 3 rings (SSSR count). The summed E-state index contributed by atoms with van der Waals surface area (Å²) in [5, 5.41) is 11.6. The molecule has 0 atom stereocenters. The van der Waals surface area contributed by atoms with Gasteiger partial charge in [-0.05, 0) is 19.1 Å². The summed E-state index contributed by atoms with van der Waals surface area (Å²) < 4.78 is 1.10. The Kier molecular flexibility index (Phi) is 3.75. The van der Waals surface area contributed by atoms with Crippen LogP contribution in [-0.4, -0.2) is 14.8 Å². The first kappa shape index (κ1) is 14.1. The average Bonchev–Trinajstić information content (AvgIpc) is 2.89. The molecule has 0 radical (unpaired) electrons. The van der Waals surface area contributed by atoms with Crippen LogP contribution in [0.25, 0.3) is 5.13 Å². The lowest BCUT2D eigenvalue weighted by atomic mass is 10.3. The predicted molar refractivity (Wildman–Crippen MR) is 83.7 cm³/mol. The fourth-order valence-corrected chi connectivity index (χ4v) is 2.58. The van der Waals surface area contributed by atoms with Crippen molar-refractivity contribution in [3.05, 3.63) is 68.9 Å². The van der Waals surface area contributed by atoms with Gasteiger partial charge in [0.2, 0.25) is 5.13 Å². The summed E-state index contributed by atoms with van der Waals surface area (Å²) in [5.74, 6) is 0. The summed E-state index contributed by atoms with van der Waals surface area (Å²) in [6.07, 6.45) is 0. The van der Waals surface area contributed by atoms with Gasteiger partial charge < -0.3 is 0 Å². The van der Waals surface area contributed by atoms with Crippen molar-refractivity contribution in [3.8, 4) is 5.13 Å². The lowest BCUT2D eigenvalue weighted by molar-refractivity contribution is 0.777. The molecule has 1 aromatic carbocycles. The van der Waals surface area contributed by atoms with E-state index in [4.69, 9.17) is 0 Å². The first-order valence-electron chi connectivity index (χ1n) is 6.40. The molecule has 1 N–H and O–H groups in total. The van der Waals surface area contributed by atoms with Crippen molar-refractivity contribution in [2.75, 3.05) is 0 Å². The second-order valence-electron chi connectivity index (χ2n) is 4.41. The van der Waals surface area contributed by atoms with E-state index >= 15 is 0 Å². The van der Waals surface area contributed by atoms with Gasteiger partial charge in [0.15, 0.2) is 5.00 Å². The zero-order valence-corrected chi connectivity index (χ0v) is 12.4. The number of benzene rings is 1. The molecular weight excluding hydrogens is 302 g/mol. The molecule has 0 aliphatic rings. The predicted octanol–water partition coefficient (Wildman–Crippen LogP) is 2.71. The van der Waals surface area contributed by atoms with Crippen LogP contribution in [0.5, 0.6) is 0 Å². The quantitative estimate of drug-likeness (QED) is 0.753. The highest BCUT2D eigenvalue weighted by molar-refractivity contribution is 7.17. The maximum absolute atomic E-state index is 11.8. The van der Waals surface area contributed by atoms with E-state index in [9.17, 15) is 9.59 Å². The minimum Gasteiger partial charge on any atom is -0.268 e. The molecule has 0 saturated heterocycles. The Bertz CT molecular complexity index is 940. The summed E-state index contributed by atoms with van der Waals surface area (Å²) >= 11 is 1.18. The standard InChI is InChI=1S/C14H11N5O2S/c1-9-13(17-16-10-5-3-2-4-6-10)22-14(15-9)19-12(21)8-7-11(20)18-19/h2-8H,1H3,(H,18,20). The topological polar surface area (TPSA) is 92.5 Å². The Morgan fingerprint density at radius 3 is 2.64 bits per heavy atom. The first-order chi connectivity index (χ1) is 10.6. The third kappa shape index (κ3) is 2.91. The van der Waals surface area contributed by atoms with E-state index in [0.717, 1.165) is 10.4 Å². The lowest BCUT2D eigenvalue weighted by Gasteiger charge is -1.97. The second kappa shape index (κ2) is 5.86. The van der Waals surface area contributed by atoms with Gasteiger partial charge in [0.05, 0.1) is 11.4 Å². The molecule has 0 unspecified atom stereocenters. The van der Waals surface area contributed by atoms with Crippen LogP contribution in [0.15, 0.2) is 62.3 Å². The molecule has 2 aromatic heterocycles. The van der Waals surface area contributed by atoms with Gasteiger partial charge in [0.1, 0.15) is 0 Å². The van der Waals surface area contributed by atoms with Crippen molar-refractivity contribution in [1.82, 2.24) is 14.8 Å². The minimum absolute atomic E-state index is 0.349. The number of hydrogen-bond donors (Lipinski definition) is 1. The Morgan fingerprint density at radius 2 is 1.86 bits per heavy atom. The summed E-state index contributed by atoms with van der Waals surface area (Å²) in [6, 6.07) is 11.7. The smallest absolute Gasteiger partial charge is 0.268 e. The fourth-order valence-electron chi connectivity index (χ4n) is 1.73. The number of aromatic nitrogens is 3. The highest BCUT2D eigenvalue weighted by Crippen LogP contribution is 2.30. The van der Waals surface area contributed by atoms with Gasteiger partial charge in [-0.15, -0.1) is 10.2 Å². The maximum atomic E-state index is 11.8. The average molecular weight is 313 g/mol. The van der Waals surface area contributed by atoms with Gasteiger partial charge in [0.25, 0.3) is 11.1 Å². The number of aromatic amines is 1. The van der Waals surface area contributed by atoms with Crippen LogP contribution < -0.4 is 11.1 Å². The summed E-state index contributed by atoms with van der Waals surface area (Å²) in [7, 11) is 0. The number of nitrogens with one attached hydrogen (secondary N) is 1. The molecular formula is C14H11N5O2S. The summed E-state index contributed by atoms with van der Waals surface area (Å²) in [4.78, 5) is 27.4.